The van der Waals surface area contributed by atoms with Crippen LogP contribution in [0.25, 0.3) is 21.5 Å². The Morgan fingerprint density at radius 2 is 1.38 bits per heavy atom. The zero-order valence-corrected chi connectivity index (χ0v) is 20.9. The Bertz CT molecular complexity index is 1360. The van der Waals surface area contributed by atoms with Gasteiger partial charge in [0, 0.05) is 22.8 Å². The molecule has 174 valence electrons. The number of hydrogen-bond acceptors (Lipinski definition) is 2. The van der Waals surface area contributed by atoms with Gasteiger partial charge in [-0.25, -0.2) is 4.20 Å². The normalized spacial score (nSPS) is 18.5. The first-order valence-corrected chi connectivity index (χ1v) is 14.4. The molecule has 34 heavy (non-hydrogen) atoms. The average molecular weight is 470 g/mol. The van der Waals surface area contributed by atoms with E-state index < -0.39 is 7.65 Å². The molecule has 0 bridgehead atoms. The Morgan fingerprint density at radius 3 is 2.09 bits per heavy atom. The van der Waals surface area contributed by atoms with Crippen molar-refractivity contribution in [2.24, 2.45) is 0 Å². The molecule has 2 aliphatic rings. The van der Waals surface area contributed by atoms with Gasteiger partial charge in [-0.1, -0.05) is 81.0 Å². The van der Waals surface area contributed by atoms with Crippen LogP contribution < -0.4 is 0 Å². The van der Waals surface area contributed by atoms with Gasteiger partial charge in [0.25, 0.3) is 0 Å². The zero-order chi connectivity index (χ0) is 22.9. The lowest BCUT2D eigenvalue weighted by atomic mass is 9.82. The van der Waals surface area contributed by atoms with Gasteiger partial charge < -0.3 is 0 Å². The fraction of sp³-hybridized carbons (Fsp3) is 0.419. The van der Waals surface area contributed by atoms with Crippen LogP contribution in [0.5, 0.6) is 0 Å². The summed E-state index contributed by atoms with van der Waals surface area (Å²) >= 11 is 0. The molecule has 3 aromatic carbocycles. The fourth-order valence-electron chi connectivity index (χ4n) is 6.42. The summed E-state index contributed by atoms with van der Waals surface area (Å²) in [6, 6.07) is 22.0. The van der Waals surface area contributed by atoms with Crippen LogP contribution in [0.3, 0.4) is 0 Å². The maximum Gasteiger partial charge on any atom is 0.598 e. The van der Waals surface area contributed by atoms with E-state index in [1.807, 2.05) is 0 Å². The molecule has 6 rings (SSSR count). The van der Waals surface area contributed by atoms with E-state index in [2.05, 4.69) is 60.7 Å². The van der Waals surface area contributed by atoms with Gasteiger partial charge in [0.2, 0.25) is 5.12 Å². The molecule has 4 aromatic rings. The summed E-state index contributed by atoms with van der Waals surface area (Å²) in [6.07, 6.45) is 13.8. The molecular weight excluding hydrogens is 435 g/mol. The van der Waals surface area contributed by atoms with Gasteiger partial charge in [0.15, 0.2) is 5.58 Å². The zero-order valence-electron chi connectivity index (χ0n) is 20.0. The van der Waals surface area contributed by atoms with E-state index in [0.29, 0.717) is 11.8 Å². The summed E-state index contributed by atoms with van der Waals surface area (Å²) in [4.78, 5) is 0. The first kappa shape index (κ1) is 22.1. The predicted octanol–water partition coefficient (Wildman–Crippen LogP) is 10.0. The number of benzene rings is 3. The summed E-state index contributed by atoms with van der Waals surface area (Å²) in [6.45, 7) is 0. The summed E-state index contributed by atoms with van der Waals surface area (Å²) in [5, 5.41) is 3.18. The van der Waals surface area contributed by atoms with E-state index >= 15 is 0 Å². The monoisotopic (exact) mass is 469 g/mol. The molecular formula is C31H34O2P+. The molecule has 0 amide bonds. The lowest BCUT2D eigenvalue weighted by Crippen LogP contribution is -2.05. The van der Waals surface area contributed by atoms with Gasteiger partial charge >= 0.3 is 7.65 Å². The van der Waals surface area contributed by atoms with E-state index in [0.717, 1.165) is 27.9 Å². The minimum absolute atomic E-state index is 0.610. The van der Waals surface area contributed by atoms with Crippen LogP contribution in [0.15, 0.2) is 64.9 Å². The summed E-state index contributed by atoms with van der Waals surface area (Å²) in [7, 11) is -1.92. The number of rotatable bonds is 4. The molecule has 2 fully saturated rings. The van der Waals surface area contributed by atoms with Crippen molar-refractivity contribution in [2.75, 3.05) is 0 Å². The SMILES string of the molecule is O=[p+]1oc2cc(C3CCCCC3)ccc2c2cc(C3CCCCC3)cc(Cc3ccccc3)c21. The van der Waals surface area contributed by atoms with Crippen LogP contribution in [-0.4, -0.2) is 0 Å². The van der Waals surface area contributed by atoms with E-state index in [4.69, 9.17) is 4.20 Å². The molecule has 0 radical (unpaired) electrons. The van der Waals surface area contributed by atoms with Crippen LogP contribution in [0.4, 0.5) is 0 Å². The van der Waals surface area contributed by atoms with E-state index in [-0.39, 0.29) is 0 Å². The van der Waals surface area contributed by atoms with Gasteiger partial charge in [-0.15, -0.1) is 0 Å². The Balaban J connectivity index is 1.53. The molecule has 2 aliphatic carbocycles. The molecule has 1 heterocycles. The maximum absolute atomic E-state index is 13.6. The largest absolute Gasteiger partial charge is 0.598 e. The molecule has 2 nitrogen and oxygen atoms in total. The Hall–Kier alpha value is -2.44. The van der Waals surface area contributed by atoms with Crippen molar-refractivity contribution in [3.8, 4) is 0 Å². The third-order valence-corrected chi connectivity index (χ3v) is 9.52. The van der Waals surface area contributed by atoms with Crippen LogP contribution in [0.1, 0.15) is 98.3 Å². The summed E-state index contributed by atoms with van der Waals surface area (Å²) in [5.41, 5.74) is 6.04. The average Bonchev–Trinajstić information content (AvgIpc) is 2.90. The van der Waals surface area contributed by atoms with Crippen LogP contribution in [-0.2, 0) is 11.0 Å². The van der Waals surface area contributed by atoms with Crippen molar-refractivity contribution in [3.63, 3.8) is 0 Å². The highest BCUT2D eigenvalue weighted by Crippen LogP contribution is 2.43. The molecule has 0 saturated heterocycles. The minimum Gasteiger partial charge on any atom is -0.250 e. The predicted molar refractivity (Wildman–Crippen MR) is 142 cm³/mol. The Kier molecular flexibility index (Phi) is 6.27. The summed E-state index contributed by atoms with van der Waals surface area (Å²) < 4.78 is 19.7. The van der Waals surface area contributed by atoms with Crippen molar-refractivity contribution in [1.29, 1.82) is 0 Å². The fourth-order valence-corrected chi connectivity index (χ4v) is 7.60. The topological polar surface area (TPSA) is 30.2 Å². The number of hydrogen-bond donors (Lipinski definition) is 0. The van der Waals surface area contributed by atoms with Gasteiger partial charge in [-0.3, -0.25) is 0 Å². The third kappa shape index (κ3) is 4.34. The minimum atomic E-state index is -1.92. The maximum atomic E-state index is 13.6. The van der Waals surface area contributed by atoms with Gasteiger partial charge in [-0.05, 0) is 77.0 Å². The van der Waals surface area contributed by atoms with E-state index in [1.165, 1.54) is 86.5 Å². The van der Waals surface area contributed by atoms with Crippen LogP contribution >= 0.6 is 7.65 Å². The molecule has 0 aliphatic heterocycles. The number of fused-ring (bicyclic) bond motifs is 3. The lowest BCUT2D eigenvalue weighted by Gasteiger charge is -2.23. The quantitative estimate of drug-likeness (QED) is 0.278. The third-order valence-electron chi connectivity index (χ3n) is 8.26. The van der Waals surface area contributed by atoms with Gasteiger partial charge in [0.05, 0.1) is 0 Å². The second-order valence-corrected chi connectivity index (χ2v) is 11.7. The first-order chi connectivity index (χ1) is 16.8. The lowest BCUT2D eigenvalue weighted by molar-refractivity contribution is 0.443. The van der Waals surface area contributed by atoms with E-state index in [1.54, 1.807) is 0 Å². The highest BCUT2D eigenvalue weighted by atomic mass is 31.1. The standard InChI is InChI=1S/C31H34O2P/c32-34-31-27(18-22-10-4-1-5-11-22)19-26(24-14-8-3-9-15-24)20-29(31)28-17-16-25(21-30(28)33-34)23-12-6-2-7-13-23/h1,4-5,10-11,16-17,19-21,23-24H,2-3,6-9,12-15,18H2/q+1. The first-order valence-electron chi connectivity index (χ1n) is 13.3. The van der Waals surface area contributed by atoms with Gasteiger partial charge in [0.1, 0.15) is 0 Å². The Morgan fingerprint density at radius 1 is 0.706 bits per heavy atom. The highest BCUT2D eigenvalue weighted by Gasteiger charge is 2.26. The second kappa shape index (κ2) is 9.67. The van der Waals surface area contributed by atoms with E-state index in [9.17, 15) is 4.57 Å². The van der Waals surface area contributed by atoms with Gasteiger partial charge in [-0.2, -0.15) is 0 Å². The molecule has 0 spiro atoms. The smallest absolute Gasteiger partial charge is 0.250 e. The highest BCUT2D eigenvalue weighted by molar-refractivity contribution is 7.37. The molecule has 0 N–H and O–H groups in total. The molecule has 1 aromatic heterocycles. The van der Waals surface area contributed by atoms with Crippen molar-refractivity contribution in [3.05, 3.63) is 82.9 Å². The van der Waals surface area contributed by atoms with Crippen LogP contribution in [0, 0.1) is 0 Å². The molecule has 3 heteroatoms. The molecule has 1 unspecified atom stereocenters. The van der Waals surface area contributed by atoms with Crippen molar-refractivity contribution in [2.45, 2.75) is 82.5 Å². The van der Waals surface area contributed by atoms with Crippen LogP contribution in [0.2, 0.25) is 0 Å². The summed E-state index contributed by atoms with van der Waals surface area (Å²) in [5.74, 6) is 1.23. The Labute approximate surface area is 203 Å². The van der Waals surface area contributed by atoms with Crippen molar-refractivity contribution >= 4 is 29.1 Å². The van der Waals surface area contributed by atoms with Crippen molar-refractivity contribution in [1.82, 2.24) is 0 Å². The van der Waals surface area contributed by atoms with Crippen molar-refractivity contribution < 1.29 is 8.76 Å². The second-order valence-electron chi connectivity index (χ2n) is 10.5. The molecule has 1 atom stereocenters. The molecule has 2 saturated carbocycles.